The Labute approximate surface area is 114 Å². The van der Waals surface area contributed by atoms with Gasteiger partial charge in [-0.1, -0.05) is 37.3 Å². The van der Waals surface area contributed by atoms with Crippen LogP contribution in [0.1, 0.15) is 25.3 Å². The van der Waals surface area contributed by atoms with Gasteiger partial charge in [0.1, 0.15) is 0 Å². The number of carbonyl (C=O) groups excluding carboxylic acids is 1. The van der Waals surface area contributed by atoms with Gasteiger partial charge in [-0.05, 0) is 24.8 Å². The van der Waals surface area contributed by atoms with Gasteiger partial charge in [-0.15, -0.1) is 11.6 Å². The Hall–Kier alpha value is -1.02. The number of carbonyl (C=O) groups is 1. The van der Waals surface area contributed by atoms with Crippen molar-refractivity contribution in [2.75, 3.05) is 12.4 Å². The highest BCUT2D eigenvalue weighted by molar-refractivity contribution is 6.19. The third kappa shape index (κ3) is 3.05. The molecular formula is C15H20ClNO. The van der Waals surface area contributed by atoms with Crippen LogP contribution in [0.25, 0.3) is 0 Å². The Balaban J connectivity index is 2.02. The Morgan fingerprint density at radius 3 is 2.83 bits per heavy atom. The van der Waals surface area contributed by atoms with Crippen LogP contribution in [0.4, 0.5) is 0 Å². The first-order chi connectivity index (χ1) is 8.72. The maximum atomic E-state index is 12.2. The van der Waals surface area contributed by atoms with Crippen molar-refractivity contribution < 1.29 is 4.79 Å². The van der Waals surface area contributed by atoms with Crippen LogP contribution in [-0.4, -0.2) is 29.3 Å². The van der Waals surface area contributed by atoms with Gasteiger partial charge in [0.15, 0.2) is 0 Å². The van der Waals surface area contributed by atoms with E-state index >= 15 is 0 Å². The van der Waals surface area contributed by atoms with Crippen LogP contribution in [-0.2, 0) is 11.2 Å². The van der Waals surface area contributed by atoms with Crippen molar-refractivity contribution in [2.24, 2.45) is 5.92 Å². The molecule has 1 aliphatic heterocycles. The van der Waals surface area contributed by atoms with Crippen LogP contribution in [0, 0.1) is 5.92 Å². The Morgan fingerprint density at radius 1 is 1.44 bits per heavy atom. The molecule has 2 atom stereocenters. The predicted octanol–water partition coefficient (Wildman–Crippen LogP) is 3.10. The van der Waals surface area contributed by atoms with Crippen LogP contribution in [0.2, 0.25) is 0 Å². The summed E-state index contributed by atoms with van der Waals surface area (Å²) in [4.78, 5) is 14.2. The van der Waals surface area contributed by atoms with E-state index in [1.54, 1.807) is 0 Å². The summed E-state index contributed by atoms with van der Waals surface area (Å²) >= 11 is 5.79. The Bertz CT molecular complexity index is 393. The first-order valence-corrected chi connectivity index (χ1v) is 7.16. The van der Waals surface area contributed by atoms with Crippen molar-refractivity contribution >= 4 is 17.5 Å². The van der Waals surface area contributed by atoms with Crippen molar-refractivity contribution in [3.05, 3.63) is 35.9 Å². The molecule has 0 N–H and O–H groups in total. The van der Waals surface area contributed by atoms with Gasteiger partial charge in [0.2, 0.25) is 5.91 Å². The molecule has 1 aromatic rings. The summed E-state index contributed by atoms with van der Waals surface area (Å²) in [5, 5.41) is 0. The molecule has 1 aliphatic rings. The minimum Gasteiger partial charge on any atom is -0.339 e. The Morgan fingerprint density at radius 2 is 2.17 bits per heavy atom. The largest absolute Gasteiger partial charge is 0.339 e. The zero-order chi connectivity index (χ0) is 13.0. The lowest BCUT2D eigenvalue weighted by Gasteiger charge is -2.27. The summed E-state index contributed by atoms with van der Waals surface area (Å²) in [7, 11) is 0. The summed E-state index contributed by atoms with van der Waals surface area (Å²) in [5.41, 5.74) is 1.31. The number of alkyl halides is 1. The van der Waals surface area contributed by atoms with E-state index in [1.165, 1.54) is 5.56 Å². The summed E-state index contributed by atoms with van der Waals surface area (Å²) in [5.74, 6) is 0.555. The molecule has 0 saturated carbocycles. The van der Waals surface area contributed by atoms with E-state index in [1.807, 2.05) is 17.9 Å². The molecule has 1 fully saturated rings. The molecule has 0 radical (unpaired) electrons. The maximum absolute atomic E-state index is 12.2. The van der Waals surface area contributed by atoms with Crippen LogP contribution in [0.3, 0.4) is 0 Å². The molecular weight excluding hydrogens is 246 g/mol. The molecule has 0 aliphatic carbocycles. The Kier molecular flexibility index (Phi) is 4.65. The lowest BCUT2D eigenvalue weighted by Crippen LogP contribution is -2.40. The van der Waals surface area contributed by atoms with Crippen molar-refractivity contribution in [3.8, 4) is 0 Å². The van der Waals surface area contributed by atoms with E-state index in [9.17, 15) is 4.79 Å². The topological polar surface area (TPSA) is 20.3 Å². The van der Waals surface area contributed by atoms with Crippen molar-refractivity contribution in [2.45, 2.75) is 32.2 Å². The molecule has 1 amide bonds. The molecule has 2 rings (SSSR count). The van der Waals surface area contributed by atoms with Crippen molar-refractivity contribution in [3.63, 3.8) is 0 Å². The van der Waals surface area contributed by atoms with E-state index in [0.29, 0.717) is 11.9 Å². The number of likely N-dealkylation sites (tertiary alicyclic amines) is 1. The standard InChI is InChI=1S/C15H20ClNO/c1-12(11-16)15(18)17-9-5-8-14(17)10-13-6-3-2-4-7-13/h2-4,6-7,12,14H,5,8-11H2,1H3. The molecule has 18 heavy (non-hydrogen) atoms. The monoisotopic (exact) mass is 265 g/mol. The fraction of sp³-hybridized carbons (Fsp3) is 0.533. The average molecular weight is 266 g/mol. The van der Waals surface area contributed by atoms with E-state index in [4.69, 9.17) is 11.6 Å². The van der Waals surface area contributed by atoms with E-state index < -0.39 is 0 Å². The number of nitrogens with zero attached hydrogens (tertiary/aromatic N) is 1. The summed E-state index contributed by atoms with van der Waals surface area (Å²) in [6.45, 7) is 2.80. The molecule has 2 unspecified atom stereocenters. The first kappa shape index (κ1) is 13.4. The summed E-state index contributed by atoms with van der Waals surface area (Å²) < 4.78 is 0. The molecule has 0 bridgehead atoms. The zero-order valence-electron chi connectivity index (χ0n) is 10.8. The number of amides is 1. The third-order valence-corrected chi connectivity index (χ3v) is 4.09. The number of hydrogen-bond donors (Lipinski definition) is 0. The second-order valence-electron chi connectivity index (χ2n) is 5.07. The quantitative estimate of drug-likeness (QED) is 0.766. The highest BCUT2D eigenvalue weighted by atomic mass is 35.5. The first-order valence-electron chi connectivity index (χ1n) is 6.62. The second-order valence-corrected chi connectivity index (χ2v) is 5.38. The lowest BCUT2D eigenvalue weighted by molar-refractivity contribution is -0.135. The van der Waals surface area contributed by atoms with Crippen LogP contribution in [0.15, 0.2) is 30.3 Å². The van der Waals surface area contributed by atoms with E-state index in [0.717, 1.165) is 25.8 Å². The van der Waals surface area contributed by atoms with Gasteiger partial charge in [-0.3, -0.25) is 4.79 Å². The normalized spacial score (nSPS) is 21.0. The molecule has 1 aromatic carbocycles. The molecule has 1 heterocycles. The van der Waals surface area contributed by atoms with Crippen LogP contribution >= 0.6 is 11.6 Å². The van der Waals surface area contributed by atoms with Crippen LogP contribution < -0.4 is 0 Å². The predicted molar refractivity (Wildman–Crippen MR) is 74.8 cm³/mol. The number of rotatable bonds is 4. The van der Waals surface area contributed by atoms with Crippen LogP contribution in [0.5, 0.6) is 0 Å². The summed E-state index contributed by atoms with van der Waals surface area (Å²) in [6, 6.07) is 10.7. The third-order valence-electron chi connectivity index (χ3n) is 3.63. The molecule has 0 aromatic heterocycles. The molecule has 98 valence electrons. The minimum absolute atomic E-state index is 0.0666. The number of hydrogen-bond acceptors (Lipinski definition) is 1. The molecule has 3 heteroatoms. The molecule has 0 spiro atoms. The summed E-state index contributed by atoms with van der Waals surface area (Å²) in [6.07, 6.45) is 3.18. The number of halogens is 1. The minimum atomic E-state index is -0.0666. The fourth-order valence-corrected chi connectivity index (χ4v) is 2.71. The lowest BCUT2D eigenvalue weighted by atomic mass is 10.0. The maximum Gasteiger partial charge on any atom is 0.226 e. The molecule has 2 nitrogen and oxygen atoms in total. The fourth-order valence-electron chi connectivity index (χ4n) is 2.57. The van der Waals surface area contributed by atoms with Gasteiger partial charge in [0.05, 0.1) is 0 Å². The van der Waals surface area contributed by atoms with Gasteiger partial charge >= 0.3 is 0 Å². The molecule has 1 saturated heterocycles. The van der Waals surface area contributed by atoms with Gasteiger partial charge in [-0.2, -0.15) is 0 Å². The van der Waals surface area contributed by atoms with Crippen molar-refractivity contribution in [1.29, 1.82) is 0 Å². The second kappa shape index (κ2) is 6.24. The van der Waals surface area contributed by atoms with E-state index in [-0.39, 0.29) is 11.8 Å². The van der Waals surface area contributed by atoms with Gasteiger partial charge < -0.3 is 4.90 Å². The van der Waals surface area contributed by atoms with Gasteiger partial charge in [0.25, 0.3) is 0 Å². The highest BCUT2D eigenvalue weighted by Crippen LogP contribution is 2.23. The van der Waals surface area contributed by atoms with Crippen molar-refractivity contribution in [1.82, 2.24) is 4.90 Å². The zero-order valence-corrected chi connectivity index (χ0v) is 11.6. The SMILES string of the molecule is CC(CCl)C(=O)N1CCCC1Cc1ccccc1. The van der Waals surface area contributed by atoms with Gasteiger partial charge in [0, 0.05) is 24.4 Å². The van der Waals surface area contributed by atoms with Gasteiger partial charge in [-0.25, -0.2) is 0 Å². The number of benzene rings is 1. The highest BCUT2D eigenvalue weighted by Gasteiger charge is 2.30. The average Bonchev–Trinajstić information content (AvgIpc) is 2.86. The smallest absolute Gasteiger partial charge is 0.226 e. The van der Waals surface area contributed by atoms with E-state index in [2.05, 4.69) is 24.3 Å².